The Labute approximate surface area is 152 Å². The van der Waals surface area contributed by atoms with E-state index in [9.17, 15) is 9.59 Å². The van der Waals surface area contributed by atoms with E-state index >= 15 is 0 Å². The van der Waals surface area contributed by atoms with Crippen molar-refractivity contribution in [1.29, 1.82) is 0 Å². The lowest BCUT2D eigenvalue weighted by molar-refractivity contribution is 0.0530. The molecule has 4 rings (SSSR count). The molecule has 0 N–H and O–H groups in total. The van der Waals surface area contributed by atoms with E-state index in [0.29, 0.717) is 22.5 Å². The van der Waals surface area contributed by atoms with Gasteiger partial charge in [-0.3, -0.25) is 4.98 Å². The number of aromatic nitrogens is 5. The molecular weight excluding hydrogens is 350 g/mol. The number of carbonyl (C=O) groups excluding carboxylic acids is 1. The van der Waals surface area contributed by atoms with E-state index in [1.807, 2.05) is 0 Å². The molecule has 0 aliphatic heterocycles. The summed E-state index contributed by atoms with van der Waals surface area (Å²) in [5, 5.41) is 8.10. The molecule has 9 heteroatoms. The van der Waals surface area contributed by atoms with Crippen LogP contribution in [0.3, 0.4) is 0 Å². The number of esters is 1. The first-order valence-electron chi connectivity index (χ1n) is 8.22. The summed E-state index contributed by atoms with van der Waals surface area (Å²) in [7, 11) is 1.54. The van der Waals surface area contributed by atoms with E-state index < -0.39 is 11.7 Å². The SMILES string of the molecule is CCOC(=O)c1c2ncccc2n2c(=O)n(-c3cccc(OC)c3)nnc12. The molecule has 0 unspecified atom stereocenters. The number of rotatable bonds is 4. The van der Waals surface area contributed by atoms with Gasteiger partial charge in [0.2, 0.25) is 0 Å². The smallest absolute Gasteiger partial charge is 0.357 e. The van der Waals surface area contributed by atoms with Gasteiger partial charge < -0.3 is 9.47 Å². The molecule has 4 aromatic rings. The van der Waals surface area contributed by atoms with Crippen LogP contribution in [-0.2, 0) is 4.74 Å². The zero-order valence-electron chi connectivity index (χ0n) is 14.6. The third-order valence-electron chi connectivity index (χ3n) is 4.08. The number of pyridine rings is 1. The van der Waals surface area contributed by atoms with Gasteiger partial charge in [0.25, 0.3) is 0 Å². The molecule has 0 atom stereocenters. The zero-order valence-corrected chi connectivity index (χ0v) is 14.6. The molecule has 0 saturated carbocycles. The lowest BCUT2D eigenvalue weighted by atomic mass is 10.2. The van der Waals surface area contributed by atoms with Crippen LogP contribution >= 0.6 is 0 Å². The molecule has 1 aromatic carbocycles. The van der Waals surface area contributed by atoms with Gasteiger partial charge in [-0.05, 0) is 31.2 Å². The number of nitrogens with zero attached hydrogens (tertiary/aromatic N) is 5. The van der Waals surface area contributed by atoms with Crippen molar-refractivity contribution in [3.63, 3.8) is 0 Å². The highest BCUT2D eigenvalue weighted by atomic mass is 16.5. The topological polar surface area (TPSA) is 101 Å². The van der Waals surface area contributed by atoms with Gasteiger partial charge in [-0.2, -0.15) is 4.68 Å². The van der Waals surface area contributed by atoms with Crippen LogP contribution in [0, 0.1) is 0 Å². The van der Waals surface area contributed by atoms with Gasteiger partial charge in [0.05, 0.1) is 24.9 Å². The van der Waals surface area contributed by atoms with E-state index in [1.165, 1.54) is 11.5 Å². The first kappa shape index (κ1) is 16.7. The lowest BCUT2D eigenvalue weighted by Crippen LogP contribution is -2.29. The molecule has 136 valence electrons. The van der Waals surface area contributed by atoms with Gasteiger partial charge in [0.1, 0.15) is 16.8 Å². The molecule has 27 heavy (non-hydrogen) atoms. The standard InChI is InChI=1S/C18H15N5O4/c1-3-27-17(24)14-15-13(8-5-9-19-15)22-16(14)20-21-23(18(22)25)11-6-4-7-12(10-11)26-2/h4-10H,3H2,1-2H3. The van der Waals surface area contributed by atoms with E-state index in [4.69, 9.17) is 9.47 Å². The maximum absolute atomic E-state index is 13.1. The van der Waals surface area contributed by atoms with Crippen LogP contribution in [0.4, 0.5) is 0 Å². The average Bonchev–Trinajstić information content (AvgIpc) is 3.03. The van der Waals surface area contributed by atoms with Crippen LogP contribution in [-0.4, -0.2) is 44.1 Å². The van der Waals surface area contributed by atoms with Gasteiger partial charge in [-0.1, -0.05) is 11.3 Å². The fourth-order valence-electron chi connectivity index (χ4n) is 2.91. The summed E-state index contributed by atoms with van der Waals surface area (Å²) >= 11 is 0. The van der Waals surface area contributed by atoms with Crippen molar-refractivity contribution in [3.05, 3.63) is 58.6 Å². The fraction of sp³-hybridized carbons (Fsp3) is 0.167. The Morgan fingerprint density at radius 1 is 1.22 bits per heavy atom. The van der Waals surface area contributed by atoms with Crippen molar-refractivity contribution < 1.29 is 14.3 Å². The van der Waals surface area contributed by atoms with Crippen molar-refractivity contribution in [3.8, 4) is 11.4 Å². The molecule has 0 saturated heterocycles. The number of benzene rings is 1. The average molecular weight is 365 g/mol. The number of fused-ring (bicyclic) bond motifs is 3. The van der Waals surface area contributed by atoms with Crippen LogP contribution in [0.2, 0.25) is 0 Å². The minimum Gasteiger partial charge on any atom is -0.497 e. The van der Waals surface area contributed by atoms with E-state index in [-0.39, 0.29) is 17.8 Å². The molecule has 3 aromatic heterocycles. The van der Waals surface area contributed by atoms with Crippen molar-refractivity contribution >= 4 is 22.6 Å². The lowest BCUT2D eigenvalue weighted by Gasteiger charge is -2.06. The number of methoxy groups -OCH3 is 1. The first-order chi connectivity index (χ1) is 13.2. The maximum atomic E-state index is 13.1. The van der Waals surface area contributed by atoms with Gasteiger partial charge in [0, 0.05) is 12.3 Å². The van der Waals surface area contributed by atoms with E-state index in [0.717, 1.165) is 4.68 Å². The van der Waals surface area contributed by atoms with Gasteiger partial charge in [0.15, 0.2) is 5.65 Å². The minimum atomic E-state index is -0.600. The highest BCUT2D eigenvalue weighted by Gasteiger charge is 2.24. The molecule has 3 heterocycles. The van der Waals surface area contributed by atoms with Gasteiger partial charge in [-0.15, -0.1) is 5.10 Å². The molecule has 0 bridgehead atoms. The van der Waals surface area contributed by atoms with Gasteiger partial charge in [-0.25, -0.2) is 14.0 Å². The fourth-order valence-corrected chi connectivity index (χ4v) is 2.91. The quantitative estimate of drug-likeness (QED) is 0.507. The Kier molecular flexibility index (Phi) is 4.03. The predicted octanol–water partition coefficient (Wildman–Crippen LogP) is 1.61. The molecular formula is C18H15N5O4. The van der Waals surface area contributed by atoms with Crippen molar-refractivity contribution in [1.82, 2.24) is 24.4 Å². The molecule has 0 fully saturated rings. The second-order valence-electron chi connectivity index (χ2n) is 5.61. The van der Waals surface area contributed by atoms with Crippen molar-refractivity contribution in [2.45, 2.75) is 6.92 Å². The third kappa shape index (κ3) is 2.60. The number of hydrogen-bond donors (Lipinski definition) is 0. The van der Waals surface area contributed by atoms with Crippen LogP contribution in [0.25, 0.3) is 22.4 Å². The second-order valence-corrected chi connectivity index (χ2v) is 5.61. The third-order valence-corrected chi connectivity index (χ3v) is 4.08. The molecule has 9 nitrogen and oxygen atoms in total. The van der Waals surface area contributed by atoms with Crippen LogP contribution < -0.4 is 10.4 Å². The summed E-state index contributed by atoms with van der Waals surface area (Å²) in [4.78, 5) is 29.8. The van der Waals surface area contributed by atoms with Crippen LogP contribution in [0.1, 0.15) is 17.3 Å². The zero-order chi connectivity index (χ0) is 19.0. The predicted molar refractivity (Wildman–Crippen MR) is 96.4 cm³/mol. The molecule has 0 radical (unpaired) electrons. The highest BCUT2D eigenvalue weighted by Crippen LogP contribution is 2.23. The summed E-state index contributed by atoms with van der Waals surface area (Å²) in [6.45, 7) is 1.89. The summed E-state index contributed by atoms with van der Waals surface area (Å²) < 4.78 is 12.7. The Morgan fingerprint density at radius 2 is 2.07 bits per heavy atom. The Hall–Kier alpha value is -3.75. The normalized spacial score (nSPS) is 11.0. The first-order valence-corrected chi connectivity index (χ1v) is 8.22. The summed E-state index contributed by atoms with van der Waals surface area (Å²) in [5.74, 6) is -0.0240. The monoisotopic (exact) mass is 365 g/mol. The number of ether oxygens (including phenoxy) is 2. The van der Waals surface area contributed by atoms with E-state index in [1.54, 1.807) is 49.5 Å². The Balaban J connectivity index is 2.05. The Bertz CT molecular complexity index is 1230. The second kappa shape index (κ2) is 6.52. The summed E-state index contributed by atoms with van der Waals surface area (Å²) in [6.07, 6.45) is 1.54. The van der Waals surface area contributed by atoms with Crippen LogP contribution in [0.5, 0.6) is 5.75 Å². The maximum Gasteiger partial charge on any atom is 0.357 e. The van der Waals surface area contributed by atoms with Crippen LogP contribution in [0.15, 0.2) is 47.4 Å². The summed E-state index contributed by atoms with van der Waals surface area (Å²) in [6, 6.07) is 10.2. The highest BCUT2D eigenvalue weighted by molar-refractivity contribution is 6.09. The Morgan fingerprint density at radius 3 is 2.85 bits per heavy atom. The molecule has 0 amide bonds. The number of hydrogen-bond acceptors (Lipinski definition) is 7. The molecule has 0 spiro atoms. The number of carbonyl (C=O) groups is 1. The van der Waals surface area contributed by atoms with Gasteiger partial charge >= 0.3 is 11.7 Å². The largest absolute Gasteiger partial charge is 0.497 e. The molecule has 0 aliphatic rings. The summed E-state index contributed by atoms with van der Waals surface area (Å²) in [5.41, 5.74) is 1.01. The van der Waals surface area contributed by atoms with Crippen molar-refractivity contribution in [2.75, 3.05) is 13.7 Å². The molecule has 0 aliphatic carbocycles. The van der Waals surface area contributed by atoms with E-state index in [2.05, 4.69) is 15.3 Å². The van der Waals surface area contributed by atoms with Crippen molar-refractivity contribution in [2.24, 2.45) is 0 Å². The minimum absolute atomic E-state index is 0.103.